The first-order chi connectivity index (χ1) is 32.0. The number of phenols is 2. The number of rotatable bonds is 4. The summed E-state index contributed by atoms with van der Waals surface area (Å²) in [6.07, 6.45) is 12.7. The number of fused-ring (bicyclic) bond motifs is 8. The van der Waals surface area contributed by atoms with E-state index in [0.717, 1.165) is 112 Å². The van der Waals surface area contributed by atoms with Gasteiger partial charge in [0.2, 0.25) is 0 Å². The molecule has 0 heterocycles. The zero-order valence-corrected chi connectivity index (χ0v) is 44.2. The second-order valence-corrected chi connectivity index (χ2v) is 24.6. The normalized spacial score (nSPS) is 14.9. The molecule has 2 N–H and O–H groups in total. The molecule has 6 aromatic rings. The topological polar surface area (TPSA) is 40.5 Å². The molecule has 0 unspecified atom stereocenters. The van der Waals surface area contributed by atoms with E-state index in [-0.39, 0.29) is 21.7 Å². The summed E-state index contributed by atoms with van der Waals surface area (Å²) in [7, 11) is 0. The van der Waals surface area contributed by atoms with Crippen LogP contribution in [0, 0.1) is 0 Å². The third kappa shape index (κ3) is 12.8. The third-order valence-corrected chi connectivity index (χ3v) is 14.9. The van der Waals surface area contributed by atoms with Crippen LogP contribution in [0.25, 0.3) is 0 Å². The summed E-state index contributed by atoms with van der Waals surface area (Å²) in [5.74, 6) is 0.992. The smallest absolute Gasteiger partial charge is 0.121 e. The van der Waals surface area contributed by atoms with E-state index in [9.17, 15) is 10.2 Å². The van der Waals surface area contributed by atoms with Gasteiger partial charge in [-0.25, -0.2) is 0 Å². The summed E-state index contributed by atoms with van der Waals surface area (Å²) >= 11 is 0. The van der Waals surface area contributed by atoms with E-state index >= 15 is 0 Å². The Hall–Kier alpha value is -5.08. The fourth-order valence-corrected chi connectivity index (χ4v) is 10.4. The first kappa shape index (κ1) is 50.8. The van der Waals surface area contributed by atoms with E-state index in [4.69, 9.17) is 0 Å². The van der Waals surface area contributed by atoms with Gasteiger partial charge in [-0.1, -0.05) is 192 Å². The molecule has 1 aliphatic rings. The van der Waals surface area contributed by atoms with Crippen LogP contribution in [0.1, 0.15) is 198 Å². The molecule has 0 saturated heterocycles. The van der Waals surface area contributed by atoms with Crippen LogP contribution in [0.2, 0.25) is 0 Å². The molecule has 0 amide bonds. The van der Waals surface area contributed by atoms with Crippen LogP contribution in [0.3, 0.4) is 0 Å². The highest BCUT2D eigenvalue weighted by Crippen LogP contribution is 2.38. The number of benzene rings is 6. The minimum atomic E-state index is -0.0388. The van der Waals surface area contributed by atoms with Crippen molar-refractivity contribution in [2.45, 2.75) is 195 Å². The van der Waals surface area contributed by atoms with Crippen molar-refractivity contribution in [2.75, 3.05) is 0 Å². The van der Waals surface area contributed by atoms with Crippen molar-refractivity contribution in [3.63, 3.8) is 0 Å². The summed E-state index contributed by atoms with van der Waals surface area (Å²) in [6, 6.07) is 41.2. The van der Waals surface area contributed by atoms with Crippen LogP contribution in [0.5, 0.6) is 11.5 Å². The highest BCUT2D eigenvalue weighted by molar-refractivity contribution is 5.50. The molecule has 0 radical (unpaired) electrons. The lowest BCUT2D eigenvalue weighted by Crippen LogP contribution is -2.15. The van der Waals surface area contributed by atoms with Crippen LogP contribution in [-0.4, -0.2) is 10.2 Å². The summed E-state index contributed by atoms with van der Waals surface area (Å²) < 4.78 is 0. The Morgan fingerprint density at radius 3 is 0.735 bits per heavy atom. The van der Waals surface area contributed by atoms with Crippen molar-refractivity contribution in [3.8, 4) is 11.5 Å². The van der Waals surface area contributed by atoms with E-state index in [2.05, 4.69) is 192 Å². The average Bonchev–Trinajstić information content (AvgIpc) is 3.26. The Morgan fingerprint density at radius 2 is 0.515 bits per heavy atom. The van der Waals surface area contributed by atoms with E-state index in [1.807, 2.05) is 0 Å². The van der Waals surface area contributed by atoms with E-state index in [0.29, 0.717) is 11.5 Å². The van der Waals surface area contributed by atoms with Crippen molar-refractivity contribution >= 4 is 0 Å². The highest BCUT2D eigenvalue weighted by Gasteiger charge is 2.25. The van der Waals surface area contributed by atoms with Crippen molar-refractivity contribution in [1.82, 2.24) is 0 Å². The van der Waals surface area contributed by atoms with Gasteiger partial charge in [0.1, 0.15) is 11.5 Å². The minimum Gasteiger partial charge on any atom is -0.507 e. The van der Waals surface area contributed by atoms with Gasteiger partial charge >= 0.3 is 0 Å². The van der Waals surface area contributed by atoms with Crippen molar-refractivity contribution in [1.29, 1.82) is 0 Å². The molecule has 0 aromatic heterocycles. The third-order valence-electron chi connectivity index (χ3n) is 14.9. The Kier molecular flexibility index (Phi) is 15.6. The average molecular weight is 909 g/mol. The molecule has 6 aromatic carbocycles. The lowest BCUT2D eigenvalue weighted by molar-refractivity contribution is 0.456. The maximum absolute atomic E-state index is 12.2. The second kappa shape index (κ2) is 20.9. The summed E-state index contributed by atoms with van der Waals surface area (Å²) in [5, 5.41) is 24.4. The lowest BCUT2D eigenvalue weighted by Gasteiger charge is -2.26. The zero-order chi connectivity index (χ0) is 49.0. The molecule has 0 aliphatic heterocycles. The predicted octanol–water partition coefficient (Wildman–Crippen LogP) is 16.5. The molecule has 0 fully saturated rings. The Balaban J connectivity index is 1.35. The predicted molar refractivity (Wildman–Crippen MR) is 290 cm³/mol. The van der Waals surface area contributed by atoms with Crippen LogP contribution >= 0.6 is 0 Å². The van der Waals surface area contributed by atoms with Gasteiger partial charge in [0.25, 0.3) is 0 Å². The number of aryl methyl sites for hydroxylation is 8. The number of aromatic hydroxyl groups is 2. The highest BCUT2D eigenvalue weighted by atomic mass is 16.3. The van der Waals surface area contributed by atoms with Gasteiger partial charge in [-0.3, -0.25) is 0 Å². The maximum Gasteiger partial charge on any atom is 0.121 e. The van der Waals surface area contributed by atoms with Gasteiger partial charge in [0.15, 0.2) is 0 Å². The van der Waals surface area contributed by atoms with Crippen LogP contribution < -0.4 is 0 Å². The molecule has 7 rings (SSSR count). The monoisotopic (exact) mass is 909 g/mol. The molecule has 360 valence electrons. The standard InChI is InChI=1S/C66H84O2/c1-63(2,3)55-37-47-27-19-31-51-41-57(65(7,8)9)43-53(61(51)67)33-21-29-49-39-56(64(4,5)6)40-50(60(49)36-46-25-17-14-18-26-46)30-22-34-54-44-58(66(10,11)12)42-52(62(54)68)32-20-28-48(38-55)59(47)35-45-23-15-13-16-24-45/h13-18,23-26,37-44,67-68H,19-22,27-36H2,1-12H3. The molecule has 2 nitrogen and oxygen atoms in total. The molecular weight excluding hydrogens is 825 g/mol. The van der Waals surface area contributed by atoms with E-state index in [1.165, 1.54) is 66.8 Å². The van der Waals surface area contributed by atoms with Gasteiger partial charge in [0, 0.05) is 0 Å². The number of hydrogen-bond donors (Lipinski definition) is 2. The number of phenolic OH excluding ortho intramolecular Hbond substituents is 2. The van der Waals surface area contributed by atoms with E-state index in [1.54, 1.807) is 0 Å². The van der Waals surface area contributed by atoms with Gasteiger partial charge in [0.05, 0.1) is 0 Å². The molecule has 68 heavy (non-hydrogen) atoms. The first-order valence-corrected chi connectivity index (χ1v) is 26.1. The zero-order valence-electron chi connectivity index (χ0n) is 44.2. The quantitative estimate of drug-likeness (QED) is 0.185. The minimum absolute atomic E-state index is 0.00320. The Bertz CT molecular complexity index is 2360. The fourth-order valence-electron chi connectivity index (χ4n) is 10.4. The SMILES string of the molecule is CC(C)(C)c1cc2c(O)c(c1)CCCc1cc(C(C)(C)C)cc(c1Cc1ccccc1)CCCc1cc(C(C)(C)C)cc(c1O)CCCc1cc(C(C)(C)C)cc(c1Cc1ccccc1)CCC2. The van der Waals surface area contributed by atoms with Gasteiger partial charge in [-0.2, -0.15) is 0 Å². The second-order valence-electron chi connectivity index (χ2n) is 24.6. The van der Waals surface area contributed by atoms with E-state index < -0.39 is 0 Å². The molecule has 2 heteroatoms. The largest absolute Gasteiger partial charge is 0.507 e. The fraction of sp³-hybridized carbons (Fsp3) is 0.455. The van der Waals surface area contributed by atoms with Crippen LogP contribution in [0.15, 0.2) is 109 Å². The summed E-state index contributed by atoms with van der Waals surface area (Å²) in [5.41, 5.74) is 20.9. The van der Waals surface area contributed by atoms with Gasteiger partial charge in [-0.05, 0) is 201 Å². The maximum atomic E-state index is 12.2. The summed E-state index contributed by atoms with van der Waals surface area (Å²) in [6.45, 7) is 27.9. The van der Waals surface area contributed by atoms with Crippen molar-refractivity contribution in [3.05, 3.63) is 198 Å². The van der Waals surface area contributed by atoms with Crippen molar-refractivity contribution < 1.29 is 10.2 Å². The number of hydrogen-bond acceptors (Lipinski definition) is 2. The molecule has 0 spiro atoms. The van der Waals surface area contributed by atoms with Gasteiger partial charge in [-0.15, -0.1) is 0 Å². The van der Waals surface area contributed by atoms with Crippen molar-refractivity contribution in [2.24, 2.45) is 0 Å². The van der Waals surface area contributed by atoms with Gasteiger partial charge < -0.3 is 10.2 Å². The molecule has 0 atom stereocenters. The molecule has 1 aliphatic carbocycles. The lowest BCUT2D eigenvalue weighted by atomic mass is 9.79. The summed E-state index contributed by atoms with van der Waals surface area (Å²) in [4.78, 5) is 0. The molecular formula is C66H84O2. The first-order valence-electron chi connectivity index (χ1n) is 26.1. The van der Waals surface area contributed by atoms with Crippen LogP contribution in [0.4, 0.5) is 0 Å². The molecule has 8 bridgehead atoms. The molecule has 0 saturated carbocycles. The Labute approximate surface area is 412 Å². The van der Waals surface area contributed by atoms with Crippen LogP contribution in [-0.2, 0) is 85.9 Å². The Morgan fingerprint density at radius 1 is 0.309 bits per heavy atom.